The van der Waals surface area contributed by atoms with Gasteiger partial charge in [-0.1, -0.05) is 20.3 Å². The highest BCUT2D eigenvalue weighted by Crippen LogP contribution is 2.35. The van der Waals surface area contributed by atoms with E-state index in [1.165, 1.54) is 0 Å². The van der Waals surface area contributed by atoms with Gasteiger partial charge in [-0.15, -0.1) is 0 Å². The molecule has 0 saturated heterocycles. The predicted molar refractivity (Wildman–Crippen MR) is 91.3 cm³/mol. The summed E-state index contributed by atoms with van der Waals surface area (Å²) in [6, 6.07) is 0. The number of anilines is 1. The number of aryl methyl sites for hydroxylation is 1. The molecule has 3 atom stereocenters. The number of fused-ring (bicyclic) bond motifs is 1. The van der Waals surface area contributed by atoms with Crippen molar-refractivity contribution in [1.29, 1.82) is 0 Å². The molecule has 3 rings (SSSR count). The van der Waals surface area contributed by atoms with Gasteiger partial charge >= 0.3 is 0 Å². The quantitative estimate of drug-likeness (QED) is 0.874. The van der Waals surface area contributed by atoms with Gasteiger partial charge in [-0.25, -0.2) is 9.97 Å². The second-order valence-electron chi connectivity index (χ2n) is 7.00. The van der Waals surface area contributed by atoms with Crippen molar-refractivity contribution < 1.29 is 4.79 Å². The van der Waals surface area contributed by atoms with E-state index in [2.05, 4.69) is 23.2 Å². The number of rotatable bonds is 1. The van der Waals surface area contributed by atoms with E-state index in [1.54, 1.807) is 6.20 Å². The third kappa shape index (κ3) is 2.96. The maximum Gasteiger partial charge on any atom is 0.149 e. The van der Waals surface area contributed by atoms with E-state index in [-0.39, 0.29) is 5.92 Å². The van der Waals surface area contributed by atoms with Crippen molar-refractivity contribution in [2.24, 2.45) is 11.8 Å². The topological polar surface area (TPSA) is 73.3 Å². The van der Waals surface area contributed by atoms with Gasteiger partial charge < -0.3 is 5.73 Å². The van der Waals surface area contributed by atoms with Gasteiger partial charge in [0.15, 0.2) is 0 Å². The molecule has 2 aromatic rings. The maximum absolute atomic E-state index is 12.2. The normalized spacial score (nSPS) is 26.7. The second-order valence-corrected chi connectivity index (χ2v) is 7.00. The van der Waals surface area contributed by atoms with Crippen LogP contribution in [0.3, 0.4) is 0 Å². The highest BCUT2D eigenvalue weighted by Gasteiger charge is 2.28. The minimum atomic E-state index is 0.134. The van der Waals surface area contributed by atoms with Gasteiger partial charge in [0.05, 0.1) is 5.69 Å². The van der Waals surface area contributed by atoms with Crippen LogP contribution in [0, 0.1) is 18.8 Å². The lowest BCUT2D eigenvalue weighted by atomic mass is 9.83. The zero-order valence-electron chi connectivity index (χ0n) is 14.2. The summed E-state index contributed by atoms with van der Waals surface area (Å²) in [6.45, 7) is 6.26. The Morgan fingerprint density at radius 3 is 2.87 bits per heavy atom. The molecule has 2 aromatic heterocycles. The molecule has 23 heavy (non-hydrogen) atoms. The summed E-state index contributed by atoms with van der Waals surface area (Å²) < 4.78 is 2.10. The van der Waals surface area contributed by atoms with Gasteiger partial charge in [0.1, 0.15) is 22.9 Å². The lowest BCUT2D eigenvalue weighted by Crippen LogP contribution is -2.20. The molecule has 1 aliphatic carbocycles. The first kappa shape index (κ1) is 16.0. The molecule has 5 heteroatoms. The van der Waals surface area contributed by atoms with Crippen molar-refractivity contribution in [1.82, 2.24) is 14.4 Å². The van der Waals surface area contributed by atoms with Gasteiger partial charge in [-0.05, 0) is 32.1 Å². The summed E-state index contributed by atoms with van der Waals surface area (Å²) in [5.41, 5.74) is 7.88. The zero-order valence-corrected chi connectivity index (χ0v) is 14.2. The monoisotopic (exact) mass is 314 g/mol. The first-order chi connectivity index (χ1) is 11.0. The number of imidazole rings is 1. The molecule has 0 aliphatic heterocycles. The molecule has 2 heterocycles. The summed E-state index contributed by atoms with van der Waals surface area (Å²) in [5, 5.41) is 0. The number of ketones is 1. The average molecular weight is 314 g/mol. The summed E-state index contributed by atoms with van der Waals surface area (Å²) in [7, 11) is 0. The number of aromatic nitrogens is 3. The molecule has 0 amide bonds. The van der Waals surface area contributed by atoms with Crippen LogP contribution in [0.2, 0.25) is 0 Å². The van der Waals surface area contributed by atoms with Crippen molar-refractivity contribution >= 4 is 17.1 Å². The van der Waals surface area contributed by atoms with E-state index >= 15 is 0 Å². The van der Waals surface area contributed by atoms with E-state index in [9.17, 15) is 4.79 Å². The molecule has 0 spiro atoms. The van der Waals surface area contributed by atoms with Crippen LogP contribution in [0.5, 0.6) is 0 Å². The van der Waals surface area contributed by atoms with E-state index in [1.807, 2.05) is 13.1 Å². The number of Topliss-reactive ketones (excluding diaryl/α,β-unsaturated/α-hetero) is 1. The number of hydrogen-bond acceptors (Lipinski definition) is 4. The van der Waals surface area contributed by atoms with Crippen LogP contribution in [0.1, 0.15) is 63.4 Å². The number of carbonyl (C=O) groups is 1. The van der Waals surface area contributed by atoms with Gasteiger partial charge in [0.2, 0.25) is 0 Å². The fourth-order valence-corrected chi connectivity index (χ4v) is 3.80. The minimum absolute atomic E-state index is 0.134. The molecule has 0 aromatic carbocycles. The summed E-state index contributed by atoms with van der Waals surface area (Å²) >= 11 is 0. The predicted octanol–water partition coefficient (Wildman–Crippen LogP) is 3.51. The number of hydrogen-bond donors (Lipinski definition) is 1. The van der Waals surface area contributed by atoms with Crippen LogP contribution in [0.25, 0.3) is 5.52 Å². The van der Waals surface area contributed by atoms with Crippen molar-refractivity contribution in [2.75, 3.05) is 5.73 Å². The molecule has 1 saturated carbocycles. The van der Waals surface area contributed by atoms with Crippen LogP contribution in [-0.4, -0.2) is 20.2 Å². The Morgan fingerprint density at radius 1 is 1.30 bits per heavy atom. The van der Waals surface area contributed by atoms with E-state index in [0.717, 1.165) is 49.1 Å². The average Bonchev–Trinajstić information content (AvgIpc) is 2.88. The zero-order chi connectivity index (χ0) is 16.6. The van der Waals surface area contributed by atoms with E-state index in [0.29, 0.717) is 23.4 Å². The van der Waals surface area contributed by atoms with Gasteiger partial charge in [-0.3, -0.25) is 9.20 Å². The minimum Gasteiger partial charge on any atom is -0.382 e. The van der Waals surface area contributed by atoms with Crippen molar-refractivity contribution in [3.8, 4) is 0 Å². The molecule has 2 N–H and O–H groups in total. The number of nitrogens with zero attached hydrogens (tertiary/aromatic N) is 3. The largest absolute Gasteiger partial charge is 0.382 e. The van der Waals surface area contributed by atoms with Gasteiger partial charge in [-0.2, -0.15) is 0 Å². The Morgan fingerprint density at radius 2 is 2.09 bits per heavy atom. The van der Waals surface area contributed by atoms with E-state index < -0.39 is 0 Å². The lowest BCUT2D eigenvalue weighted by molar-refractivity contribution is -0.123. The summed E-state index contributed by atoms with van der Waals surface area (Å²) in [6.07, 6.45) is 8.53. The lowest BCUT2D eigenvalue weighted by Gasteiger charge is -2.22. The molecule has 124 valence electrons. The molecular formula is C18H26N4O. The molecule has 0 bridgehead atoms. The fourth-order valence-electron chi connectivity index (χ4n) is 3.80. The van der Waals surface area contributed by atoms with Crippen molar-refractivity contribution in [3.05, 3.63) is 23.9 Å². The Bertz CT molecular complexity index is 721. The Kier molecular flexibility index (Phi) is 4.37. The number of carbonyl (C=O) groups excluding carboxylic acids is 1. The third-order valence-electron chi connectivity index (χ3n) is 5.39. The van der Waals surface area contributed by atoms with Gasteiger partial charge in [0.25, 0.3) is 0 Å². The molecule has 0 radical (unpaired) electrons. The summed E-state index contributed by atoms with van der Waals surface area (Å²) in [4.78, 5) is 21.2. The Balaban J connectivity index is 1.99. The Labute approximate surface area is 137 Å². The molecule has 5 nitrogen and oxygen atoms in total. The second kappa shape index (κ2) is 6.30. The molecule has 1 unspecified atom stereocenters. The van der Waals surface area contributed by atoms with Gasteiger partial charge in [0, 0.05) is 30.7 Å². The SMILES string of the molecule is Cc1nc(C2CCCCC(=O)[C@@H](C)[C@@H](C)C2)n2ccnc(N)c12. The van der Waals surface area contributed by atoms with E-state index in [4.69, 9.17) is 10.7 Å². The highest BCUT2D eigenvalue weighted by molar-refractivity contribution is 5.80. The number of nitrogen functional groups attached to an aromatic ring is 1. The highest BCUT2D eigenvalue weighted by atomic mass is 16.1. The van der Waals surface area contributed by atoms with Crippen LogP contribution < -0.4 is 5.73 Å². The maximum atomic E-state index is 12.2. The summed E-state index contributed by atoms with van der Waals surface area (Å²) in [5.74, 6) is 2.88. The standard InChI is InChI=1S/C18H26N4O/c1-11-10-14(6-4-5-7-15(23)12(11)2)18-21-13(3)16-17(19)20-8-9-22(16)18/h8-9,11-12,14H,4-7,10H2,1-3H3,(H2,19,20)/t11-,12-,14?/m0/s1. The van der Waals surface area contributed by atoms with Crippen molar-refractivity contribution in [3.63, 3.8) is 0 Å². The van der Waals surface area contributed by atoms with Crippen molar-refractivity contribution in [2.45, 2.75) is 58.8 Å². The fraction of sp³-hybridized carbons (Fsp3) is 0.611. The third-order valence-corrected chi connectivity index (χ3v) is 5.39. The van der Waals surface area contributed by atoms with Crippen LogP contribution in [0.15, 0.2) is 12.4 Å². The molecule has 1 aliphatic rings. The number of nitrogens with two attached hydrogens (primary N) is 1. The molecule has 1 fully saturated rings. The van der Waals surface area contributed by atoms with Crippen LogP contribution >= 0.6 is 0 Å². The Hall–Kier alpha value is -1.91. The first-order valence-electron chi connectivity index (χ1n) is 8.60. The smallest absolute Gasteiger partial charge is 0.149 e. The van der Waals surface area contributed by atoms with Crippen LogP contribution in [-0.2, 0) is 4.79 Å². The molecular weight excluding hydrogens is 288 g/mol. The van der Waals surface area contributed by atoms with Crippen LogP contribution in [0.4, 0.5) is 5.82 Å². The first-order valence-corrected chi connectivity index (χ1v) is 8.60.